The molecular formula is C10H9FN2OS. The zero-order chi connectivity index (χ0) is 11.4. The number of nitrogens with one attached hydrogen (secondary N) is 1. The van der Waals surface area contributed by atoms with Crippen molar-refractivity contribution in [1.82, 2.24) is 0 Å². The maximum Gasteiger partial charge on any atom is 0.236 e. The summed E-state index contributed by atoms with van der Waals surface area (Å²) >= 11 is 3.92. The maximum absolute atomic E-state index is 13.1. The SMILES string of the molecule is CC(S)C(=O)Nc1cccc(F)c1C#N. The molecule has 1 aromatic rings. The van der Waals surface area contributed by atoms with Crippen LogP contribution in [0, 0.1) is 17.1 Å². The average Bonchev–Trinajstić information content (AvgIpc) is 2.18. The molecule has 1 N–H and O–H groups in total. The Morgan fingerprint density at radius 2 is 2.33 bits per heavy atom. The number of halogens is 1. The van der Waals surface area contributed by atoms with Gasteiger partial charge in [0.25, 0.3) is 0 Å². The molecule has 0 aliphatic carbocycles. The number of anilines is 1. The van der Waals surface area contributed by atoms with E-state index in [4.69, 9.17) is 5.26 Å². The molecule has 78 valence electrons. The quantitative estimate of drug-likeness (QED) is 0.754. The van der Waals surface area contributed by atoms with Crippen LogP contribution in [-0.2, 0) is 4.79 Å². The minimum atomic E-state index is -0.651. The first-order valence-corrected chi connectivity index (χ1v) is 4.75. The molecule has 3 nitrogen and oxygen atoms in total. The van der Waals surface area contributed by atoms with Crippen molar-refractivity contribution in [2.45, 2.75) is 12.2 Å². The van der Waals surface area contributed by atoms with E-state index in [0.717, 1.165) is 0 Å². The van der Waals surface area contributed by atoms with Gasteiger partial charge in [0.2, 0.25) is 5.91 Å². The fraction of sp³-hybridized carbons (Fsp3) is 0.200. The van der Waals surface area contributed by atoms with Gasteiger partial charge in [0.15, 0.2) is 0 Å². The van der Waals surface area contributed by atoms with Crippen molar-refractivity contribution >= 4 is 24.2 Å². The van der Waals surface area contributed by atoms with Crippen LogP contribution in [0.1, 0.15) is 12.5 Å². The van der Waals surface area contributed by atoms with Gasteiger partial charge in [-0.2, -0.15) is 17.9 Å². The third-order valence-electron chi connectivity index (χ3n) is 1.76. The molecule has 0 aliphatic heterocycles. The molecule has 0 aromatic heterocycles. The summed E-state index contributed by atoms with van der Waals surface area (Å²) in [6.45, 7) is 1.59. The molecule has 0 heterocycles. The van der Waals surface area contributed by atoms with E-state index < -0.39 is 11.1 Å². The fourth-order valence-corrected chi connectivity index (χ4v) is 1.04. The van der Waals surface area contributed by atoms with Crippen LogP contribution in [0.3, 0.4) is 0 Å². The van der Waals surface area contributed by atoms with Crippen molar-refractivity contribution in [2.24, 2.45) is 0 Å². The lowest BCUT2D eigenvalue weighted by atomic mass is 10.2. The number of nitriles is 1. The summed E-state index contributed by atoms with van der Waals surface area (Å²) < 4.78 is 13.1. The number of nitrogens with zero attached hydrogens (tertiary/aromatic N) is 1. The zero-order valence-electron chi connectivity index (χ0n) is 7.99. The number of amides is 1. The molecule has 0 fully saturated rings. The molecule has 0 bridgehead atoms. The standard InChI is InChI=1S/C10H9FN2OS/c1-6(15)10(14)13-9-4-2-3-8(11)7(9)5-12/h2-4,6,15H,1H3,(H,13,14). The molecule has 5 heteroatoms. The topological polar surface area (TPSA) is 52.9 Å². The van der Waals surface area contributed by atoms with E-state index in [1.165, 1.54) is 18.2 Å². The van der Waals surface area contributed by atoms with Crippen LogP contribution in [-0.4, -0.2) is 11.2 Å². The lowest BCUT2D eigenvalue weighted by Gasteiger charge is -2.08. The number of benzene rings is 1. The Balaban J connectivity index is 3.01. The van der Waals surface area contributed by atoms with Gasteiger partial charge in [-0.25, -0.2) is 4.39 Å². The predicted molar refractivity (Wildman–Crippen MR) is 58.2 cm³/mol. The van der Waals surface area contributed by atoms with Crippen molar-refractivity contribution in [1.29, 1.82) is 5.26 Å². The van der Waals surface area contributed by atoms with E-state index in [0.29, 0.717) is 0 Å². The maximum atomic E-state index is 13.1. The largest absolute Gasteiger partial charge is 0.324 e. The van der Waals surface area contributed by atoms with Crippen LogP contribution >= 0.6 is 12.6 Å². The van der Waals surface area contributed by atoms with Crippen LogP contribution in [0.4, 0.5) is 10.1 Å². The van der Waals surface area contributed by atoms with Gasteiger partial charge < -0.3 is 5.32 Å². The Morgan fingerprint density at radius 3 is 2.87 bits per heavy atom. The summed E-state index contributed by atoms with van der Waals surface area (Å²) in [7, 11) is 0. The highest BCUT2D eigenvalue weighted by Crippen LogP contribution is 2.18. The summed E-state index contributed by atoms with van der Waals surface area (Å²) in [6, 6.07) is 5.75. The highest BCUT2D eigenvalue weighted by Gasteiger charge is 2.12. The third kappa shape index (κ3) is 2.70. The van der Waals surface area contributed by atoms with E-state index in [1.807, 2.05) is 0 Å². The molecule has 1 aromatic carbocycles. The molecule has 0 saturated carbocycles. The van der Waals surface area contributed by atoms with Gasteiger partial charge in [-0.05, 0) is 19.1 Å². The number of hydrogen-bond acceptors (Lipinski definition) is 3. The fourth-order valence-electron chi connectivity index (χ4n) is 0.979. The van der Waals surface area contributed by atoms with E-state index in [9.17, 15) is 9.18 Å². The van der Waals surface area contributed by atoms with Crippen molar-refractivity contribution in [3.63, 3.8) is 0 Å². The number of carbonyl (C=O) groups excluding carboxylic acids is 1. The van der Waals surface area contributed by atoms with Crippen LogP contribution in [0.5, 0.6) is 0 Å². The van der Waals surface area contributed by atoms with Crippen molar-refractivity contribution in [3.8, 4) is 6.07 Å². The molecule has 1 atom stereocenters. The van der Waals surface area contributed by atoms with Crippen molar-refractivity contribution in [3.05, 3.63) is 29.6 Å². The first-order valence-electron chi connectivity index (χ1n) is 4.23. The van der Waals surface area contributed by atoms with Gasteiger partial charge in [0.05, 0.1) is 10.9 Å². The van der Waals surface area contributed by atoms with Gasteiger partial charge in [0.1, 0.15) is 17.4 Å². The van der Waals surface area contributed by atoms with Gasteiger partial charge >= 0.3 is 0 Å². The van der Waals surface area contributed by atoms with E-state index in [-0.39, 0.29) is 17.2 Å². The molecular weight excluding hydrogens is 215 g/mol. The van der Waals surface area contributed by atoms with Crippen LogP contribution in [0.15, 0.2) is 18.2 Å². The number of carbonyl (C=O) groups is 1. The number of rotatable bonds is 2. The van der Waals surface area contributed by atoms with Gasteiger partial charge in [0, 0.05) is 0 Å². The Hall–Kier alpha value is -1.54. The second-order valence-corrected chi connectivity index (χ2v) is 3.71. The monoisotopic (exact) mass is 224 g/mol. The summed E-state index contributed by atoms with van der Waals surface area (Å²) in [4.78, 5) is 11.3. The second-order valence-electron chi connectivity index (χ2n) is 2.94. The Labute approximate surface area is 92.3 Å². The molecule has 0 radical (unpaired) electrons. The predicted octanol–water partition coefficient (Wildman–Crippen LogP) is 1.95. The molecule has 0 spiro atoms. The molecule has 1 amide bonds. The summed E-state index contributed by atoms with van der Waals surface area (Å²) in [5.41, 5.74) is 0.00299. The van der Waals surface area contributed by atoms with Crippen LogP contribution < -0.4 is 5.32 Å². The first-order chi connectivity index (χ1) is 7.06. The highest BCUT2D eigenvalue weighted by atomic mass is 32.1. The van der Waals surface area contributed by atoms with E-state index >= 15 is 0 Å². The lowest BCUT2D eigenvalue weighted by Crippen LogP contribution is -2.21. The molecule has 0 saturated heterocycles. The number of hydrogen-bond donors (Lipinski definition) is 2. The smallest absolute Gasteiger partial charge is 0.236 e. The third-order valence-corrected chi connectivity index (χ3v) is 2.00. The summed E-state index contributed by atoms with van der Waals surface area (Å²) in [5.74, 6) is -1.03. The highest BCUT2D eigenvalue weighted by molar-refractivity contribution is 7.81. The average molecular weight is 224 g/mol. The van der Waals surface area contributed by atoms with Crippen LogP contribution in [0.25, 0.3) is 0 Å². The Morgan fingerprint density at radius 1 is 1.67 bits per heavy atom. The van der Waals surface area contributed by atoms with Crippen molar-refractivity contribution < 1.29 is 9.18 Å². The normalized spacial score (nSPS) is 11.6. The van der Waals surface area contributed by atoms with Gasteiger partial charge in [-0.15, -0.1) is 0 Å². The Kier molecular flexibility index (Phi) is 3.69. The van der Waals surface area contributed by atoms with Crippen molar-refractivity contribution in [2.75, 3.05) is 5.32 Å². The zero-order valence-corrected chi connectivity index (χ0v) is 8.88. The minimum Gasteiger partial charge on any atom is -0.324 e. The molecule has 15 heavy (non-hydrogen) atoms. The van der Waals surface area contributed by atoms with Gasteiger partial charge in [-0.1, -0.05) is 6.07 Å². The number of thiol groups is 1. The van der Waals surface area contributed by atoms with Gasteiger partial charge in [-0.3, -0.25) is 4.79 Å². The first kappa shape index (κ1) is 11.5. The second kappa shape index (κ2) is 4.80. The molecule has 0 aliphatic rings. The summed E-state index contributed by atoms with van der Waals surface area (Å²) in [6.07, 6.45) is 0. The van der Waals surface area contributed by atoms with E-state index in [2.05, 4.69) is 17.9 Å². The Bertz CT molecular complexity index is 426. The molecule has 1 rings (SSSR count). The van der Waals surface area contributed by atoms with E-state index in [1.54, 1.807) is 13.0 Å². The van der Waals surface area contributed by atoms with Crippen LogP contribution in [0.2, 0.25) is 0 Å². The molecule has 1 unspecified atom stereocenters. The minimum absolute atomic E-state index is 0.167. The lowest BCUT2D eigenvalue weighted by molar-refractivity contribution is -0.115. The summed E-state index contributed by atoms with van der Waals surface area (Å²) in [5, 5.41) is 10.6.